The summed E-state index contributed by atoms with van der Waals surface area (Å²) in [5.41, 5.74) is -1.26. The van der Waals surface area contributed by atoms with Crippen LogP contribution >= 0.6 is 0 Å². The Morgan fingerprint density at radius 3 is 1.77 bits per heavy atom. The largest absolute Gasteiger partial charge is 0.422 e. The Bertz CT molecular complexity index is 485. The van der Waals surface area contributed by atoms with Gasteiger partial charge in [-0.25, -0.2) is 22.0 Å². The third kappa shape index (κ3) is 3.78. The summed E-state index contributed by atoms with van der Waals surface area (Å²) >= 11 is 0. The normalized spacial score (nSPS) is 12.0. The molecule has 0 saturated heterocycles. The zero-order chi connectivity index (χ0) is 16.9. The van der Waals surface area contributed by atoms with Crippen LogP contribution in [0.3, 0.4) is 0 Å². The van der Waals surface area contributed by atoms with Crippen molar-refractivity contribution in [1.82, 2.24) is 0 Å². The molecular weight excluding hydrogens is 321 g/mol. The molecule has 0 aliphatic rings. The van der Waals surface area contributed by atoms with Crippen LogP contribution < -0.4 is 5.32 Å². The van der Waals surface area contributed by atoms with Gasteiger partial charge in [-0.2, -0.15) is 0 Å². The van der Waals surface area contributed by atoms with Gasteiger partial charge >= 0.3 is 0 Å². The summed E-state index contributed by atoms with van der Waals surface area (Å²) in [7, 11) is 0.572. The molecule has 0 radical (unpaired) electrons. The highest BCUT2D eigenvalue weighted by Gasteiger charge is 2.26. The van der Waals surface area contributed by atoms with Crippen molar-refractivity contribution in [2.24, 2.45) is 0 Å². The molecule has 0 amide bonds. The molecule has 0 spiro atoms. The van der Waals surface area contributed by atoms with Gasteiger partial charge < -0.3 is 9.74 Å². The number of hydrogen-bond acceptors (Lipinski definition) is 2. The first kappa shape index (κ1) is 18.9. The second kappa shape index (κ2) is 7.91. The Balaban J connectivity index is 2.74. The van der Waals surface area contributed by atoms with E-state index in [1.165, 1.54) is 0 Å². The third-order valence-electron chi connectivity index (χ3n) is 4.04. The van der Waals surface area contributed by atoms with E-state index in [0.29, 0.717) is 23.3 Å². The lowest BCUT2D eigenvalue weighted by Crippen LogP contribution is -2.30. The van der Waals surface area contributed by atoms with Crippen LogP contribution in [-0.2, 0) is 4.43 Å². The van der Waals surface area contributed by atoms with E-state index in [0.717, 1.165) is 12.8 Å². The van der Waals surface area contributed by atoms with Gasteiger partial charge in [0, 0.05) is 6.54 Å². The summed E-state index contributed by atoms with van der Waals surface area (Å²) < 4.78 is 71.5. The first-order chi connectivity index (χ1) is 10.3. The van der Waals surface area contributed by atoms with Crippen LogP contribution in [0.15, 0.2) is 0 Å². The van der Waals surface area contributed by atoms with Crippen LogP contribution in [0.4, 0.5) is 27.6 Å². The van der Waals surface area contributed by atoms with Gasteiger partial charge in [0.15, 0.2) is 23.3 Å². The van der Waals surface area contributed by atoms with Gasteiger partial charge in [-0.1, -0.05) is 13.8 Å². The van der Waals surface area contributed by atoms with Crippen LogP contribution in [0.2, 0.25) is 0 Å². The van der Waals surface area contributed by atoms with Crippen LogP contribution in [0.1, 0.15) is 39.5 Å². The molecule has 0 aliphatic heterocycles. The highest BCUT2D eigenvalue weighted by Crippen LogP contribution is 2.28. The Labute approximate surface area is 129 Å². The summed E-state index contributed by atoms with van der Waals surface area (Å²) in [6, 6.07) is 0. The van der Waals surface area contributed by atoms with E-state index in [9.17, 15) is 22.0 Å². The zero-order valence-corrected chi connectivity index (χ0v) is 14.8. The average Bonchev–Trinajstić information content (AvgIpc) is 2.54. The summed E-state index contributed by atoms with van der Waals surface area (Å²) in [5, 5.41) is 2.29. The summed E-state index contributed by atoms with van der Waals surface area (Å²) in [6.07, 6.45) is 2.74. The van der Waals surface area contributed by atoms with Crippen molar-refractivity contribution in [3.05, 3.63) is 29.1 Å². The van der Waals surface area contributed by atoms with Crippen molar-refractivity contribution in [1.29, 1.82) is 0 Å². The van der Waals surface area contributed by atoms with Crippen molar-refractivity contribution in [3.8, 4) is 0 Å². The summed E-state index contributed by atoms with van der Waals surface area (Å²) in [4.78, 5) is 0. The predicted molar refractivity (Wildman–Crippen MR) is 78.3 cm³/mol. The van der Waals surface area contributed by atoms with E-state index in [1.807, 2.05) is 13.8 Å². The molecule has 22 heavy (non-hydrogen) atoms. The highest BCUT2D eigenvalue weighted by molar-refractivity contribution is 5.98. The summed E-state index contributed by atoms with van der Waals surface area (Å²) in [5.74, 6) is -9.72. The van der Waals surface area contributed by atoms with Crippen molar-refractivity contribution < 1.29 is 26.4 Å². The molecule has 0 atom stereocenters. The maximum Gasteiger partial charge on any atom is 0.200 e. The third-order valence-corrected chi connectivity index (χ3v) is 4.91. The maximum atomic E-state index is 13.5. The molecule has 1 aromatic carbocycles. The molecule has 0 heterocycles. The first-order valence-corrected chi connectivity index (χ1v) is 7.95. The fourth-order valence-electron chi connectivity index (χ4n) is 2.38. The van der Waals surface area contributed by atoms with Crippen molar-refractivity contribution in [2.75, 3.05) is 11.9 Å². The average molecular weight is 341 g/mol. The van der Waals surface area contributed by atoms with Crippen molar-refractivity contribution in [2.45, 2.75) is 45.1 Å². The SMILES string of the molecule is CCC(CC)(CCCNc1c(F)c(F)c(F)c(F)c1F)O[SiH3]. The van der Waals surface area contributed by atoms with E-state index in [1.54, 1.807) is 0 Å². The molecular formula is C14H20F5NOSi. The number of benzene rings is 1. The number of anilines is 1. The van der Waals surface area contributed by atoms with Crippen LogP contribution in [0, 0.1) is 29.1 Å². The fraction of sp³-hybridized carbons (Fsp3) is 0.571. The lowest BCUT2D eigenvalue weighted by molar-refractivity contribution is 0.0601. The molecule has 0 bridgehead atoms. The first-order valence-electron chi connectivity index (χ1n) is 7.14. The Hall–Kier alpha value is -1.15. The number of hydrogen-bond donors (Lipinski definition) is 1. The second-order valence-electron chi connectivity index (χ2n) is 5.07. The van der Waals surface area contributed by atoms with Crippen LogP contribution in [-0.4, -0.2) is 22.6 Å². The second-order valence-corrected chi connectivity index (χ2v) is 5.48. The lowest BCUT2D eigenvalue weighted by atomic mass is 9.92. The summed E-state index contributed by atoms with van der Waals surface area (Å²) in [6.45, 7) is 4.06. The Kier molecular flexibility index (Phi) is 6.80. The predicted octanol–water partition coefficient (Wildman–Crippen LogP) is 3.43. The van der Waals surface area contributed by atoms with Gasteiger partial charge in [0.05, 0.1) is 5.60 Å². The van der Waals surface area contributed by atoms with Crippen molar-refractivity contribution >= 4 is 16.2 Å². The maximum absolute atomic E-state index is 13.5. The number of rotatable bonds is 8. The molecule has 8 heteroatoms. The number of halogens is 5. The van der Waals surface area contributed by atoms with E-state index >= 15 is 0 Å². The standard InChI is InChI=1S/C14H20F5NOSi/c1-3-14(4-2,21-22)6-5-7-20-13-11(18)9(16)8(15)10(17)12(13)19/h20H,3-7H2,1-2,22H3. The highest BCUT2D eigenvalue weighted by atomic mass is 28.2. The van der Waals surface area contributed by atoms with Gasteiger partial charge in [-0.05, 0) is 25.7 Å². The molecule has 1 rings (SSSR count). The molecule has 1 aromatic rings. The monoisotopic (exact) mass is 341 g/mol. The molecule has 1 N–H and O–H groups in total. The smallest absolute Gasteiger partial charge is 0.200 e. The van der Waals surface area contributed by atoms with E-state index < -0.39 is 34.8 Å². The minimum Gasteiger partial charge on any atom is -0.422 e. The quantitative estimate of drug-likeness (QED) is 0.257. The van der Waals surface area contributed by atoms with Gasteiger partial charge in [0.25, 0.3) is 0 Å². The molecule has 126 valence electrons. The van der Waals surface area contributed by atoms with Gasteiger partial charge in [-0.3, -0.25) is 0 Å². The topological polar surface area (TPSA) is 21.3 Å². The molecule has 0 saturated carbocycles. The van der Waals surface area contributed by atoms with Crippen LogP contribution in [0.25, 0.3) is 0 Å². The van der Waals surface area contributed by atoms with E-state index in [4.69, 9.17) is 4.43 Å². The Morgan fingerprint density at radius 2 is 1.36 bits per heavy atom. The van der Waals surface area contributed by atoms with Crippen LogP contribution in [0.5, 0.6) is 0 Å². The lowest BCUT2D eigenvalue weighted by Gasteiger charge is -2.31. The van der Waals surface area contributed by atoms with Gasteiger partial charge in [0.2, 0.25) is 5.82 Å². The molecule has 0 aliphatic carbocycles. The minimum atomic E-state index is -2.15. The fourth-order valence-corrected chi connectivity index (χ4v) is 3.16. The van der Waals surface area contributed by atoms with E-state index in [-0.39, 0.29) is 12.1 Å². The zero-order valence-electron chi connectivity index (χ0n) is 12.8. The minimum absolute atomic E-state index is 0.0883. The Morgan fingerprint density at radius 1 is 0.909 bits per heavy atom. The van der Waals surface area contributed by atoms with E-state index in [2.05, 4.69) is 5.32 Å². The van der Waals surface area contributed by atoms with Crippen molar-refractivity contribution in [3.63, 3.8) is 0 Å². The molecule has 0 unspecified atom stereocenters. The molecule has 0 fully saturated rings. The van der Waals surface area contributed by atoms with Gasteiger partial charge in [-0.15, -0.1) is 0 Å². The molecule has 0 aromatic heterocycles. The molecule has 2 nitrogen and oxygen atoms in total. The van der Waals surface area contributed by atoms with Gasteiger partial charge in [0.1, 0.15) is 16.2 Å². The number of nitrogens with one attached hydrogen (secondary N) is 1.